The maximum absolute atomic E-state index is 11.7. The summed E-state index contributed by atoms with van der Waals surface area (Å²) in [5, 5.41) is 4.72. The molecule has 2 aromatic rings. The highest BCUT2D eigenvalue weighted by Gasteiger charge is 2.07. The number of aryl methyl sites for hydroxylation is 1. The third kappa shape index (κ3) is 2.54. The summed E-state index contributed by atoms with van der Waals surface area (Å²) in [5.41, 5.74) is 1.79. The molecule has 1 amide bonds. The highest BCUT2D eigenvalue weighted by molar-refractivity contribution is 9.11. The van der Waals surface area contributed by atoms with Gasteiger partial charge in [0.2, 0.25) is 0 Å². The number of thiophene rings is 1. The number of carbonyl (C=O) groups excluding carboxylic acids is 1. The molecule has 16 heavy (non-hydrogen) atoms. The van der Waals surface area contributed by atoms with Gasteiger partial charge in [-0.15, -0.1) is 11.3 Å². The molecule has 1 N–H and O–H groups in total. The van der Waals surface area contributed by atoms with Crippen LogP contribution >= 0.6 is 27.3 Å². The minimum Gasteiger partial charge on any atom is -0.353 e. The van der Waals surface area contributed by atoms with Gasteiger partial charge in [0.05, 0.1) is 15.9 Å². The quantitative estimate of drug-likeness (QED) is 0.929. The largest absolute Gasteiger partial charge is 0.353 e. The fraction of sp³-hybridized carbons (Fsp3) is 0.182. The number of carbonyl (C=O) groups is 1. The van der Waals surface area contributed by atoms with Crippen molar-refractivity contribution in [3.05, 3.63) is 44.8 Å². The molecule has 0 aliphatic heterocycles. The summed E-state index contributed by atoms with van der Waals surface area (Å²) < 4.78 is 2.96. The predicted octanol–water partition coefficient (Wildman–Crippen LogP) is 2.78. The monoisotopic (exact) mass is 298 g/mol. The molecule has 2 rings (SSSR count). The maximum Gasteiger partial charge on any atom is 0.252 e. The molecule has 2 aromatic heterocycles. The van der Waals surface area contributed by atoms with Gasteiger partial charge in [-0.1, -0.05) is 0 Å². The van der Waals surface area contributed by atoms with Crippen LogP contribution in [0.15, 0.2) is 33.6 Å². The summed E-state index contributed by atoms with van der Waals surface area (Å²) in [6.45, 7) is 0.551. The van der Waals surface area contributed by atoms with Crippen LogP contribution < -0.4 is 5.32 Å². The van der Waals surface area contributed by atoms with E-state index in [2.05, 4.69) is 21.2 Å². The first-order chi connectivity index (χ1) is 7.66. The van der Waals surface area contributed by atoms with Gasteiger partial charge in [0, 0.05) is 24.3 Å². The highest BCUT2D eigenvalue weighted by atomic mass is 79.9. The van der Waals surface area contributed by atoms with Crippen LogP contribution in [-0.2, 0) is 13.6 Å². The molecular weight excluding hydrogens is 288 g/mol. The molecule has 0 fully saturated rings. The Labute approximate surface area is 106 Å². The van der Waals surface area contributed by atoms with Gasteiger partial charge in [-0.3, -0.25) is 4.79 Å². The van der Waals surface area contributed by atoms with Crippen molar-refractivity contribution in [1.82, 2.24) is 9.88 Å². The maximum atomic E-state index is 11.7. The van der Waals surface area contributed by atoms with Crippen molar-refractivity contribution >= 4 is 33.2 Å². The molecule has 0 atom stereocenters. The normalized spacial score (nSPS) is 10.4. The Kier molecular flexibility index (Phi) is 3.46. The van der Waals surface area contributed by atoms with Crippen molar-refractivity contribution < 1.29 is 4.79 Å². The van der Waals surface area contributed by atoms with Crippen LogP contribution in [0.25, 0.3) is 0 Å². The topological polar surface area (TPSA) is 34.0 Å². The molecule has 0 bridgehead atoms. The van der Waals surface area contributed by atoms with E-state index in [9.17, 15) is 4.79 Å². The van der Waals surface area contributed by atoms with Crippen molar-refractivity contribution in [2.24, 2.45) is 7.05 Å². The second kappa shape index (κ2) is 4.84. The van der Waals surface area contributed by atoms with Gasteiger partial charge in [0.15, 0.2) is 0 Å². The van der Waals surface area contributed by atoms with Gasteiger partial charge < -0.3 is 9.88 Å². The number of rotatable bonds is 3. The van der Waals surface area contributed by atoms with Crippen LogP contribution in [0.1, 0.15) is 16.1 Å². The molecular formula is C11H11BrN2OS. The minimum atomic E-state index is -0.0387. The highest BCUT2D eigenvalue weighted by Crippen LogP contribution is 2.20. The van der Waals surface area contributed by atoms with E-state index >= 15 is 0 Å². The van der Waals surface area contributed by atoms with E-state index in [1.54, 1.807) is 0 Å². The molecule has 0 spiro atoms. The van der Waals surface area contributed by atoms with Gasteiger partial charge in [-0.25, -0.2) is 0 Å². The summed E-state index contributed by atoms with van der Waals surface area (Å²) in [7, 11) is 1.96. The van der Waals surface area contributed by atoms with E-state index in [0.29, 0.717) is 12.1 Å². The first kappa shape index (κ1) is 11.4. The lowest BCUT2D eigenvalue weighted by molar-refractivity contribution is 0.0950. The van der Waals surface area contributed by atoms with E-state index < -0.39 is 0 Å². The molecule has 3 nitrogen and oxygen atoms in total. The average molecular weight is 299 g/mol. The predicted molar refractivity (Wildman–Crippen MR) is 68.6 cm³/mol. The van der Waals surface area contributed by atoms with Crippen LogP contribution in [0.5, 0.6) is 0 Å². The third-order valence-corrected chi connectivity index (χ3v) is 3.82. The Morgan fingerprint density at radius 1 is 1.62 bits per heavy atom. The lowest BCUT2D eigenvalue weighted by Crippen LogP contribution is -2.23. The Bertz CT molecular complexity index is 504. The SMILES string of the molecule is Cn1cccc1CNC(=O)c1csc(Br)c1. The van der Waals surface area contributed by atoms with Crippen LogP contribution in [0.4, 0.5) is 0 Å². The van der Waals surface area contributed by atoms with Crippen LogP contribution in [-0.4, -0.2) is 10.5 Å². The zero-order valence-electron chi connectivity index (χ0n) is 8.74. The number of hydrogen-bond donors (Lipinski definition) is 1. The fourth-order valence-electron chi connectivity index (χ4n) is 1.38. The van der Waals surface area contributed by atoms with E-state index in [4.69, 9.17) is 0 Å². The lowest BCUT2D eigenvalue weighted by atomic mass is 10.3. The zero-order valence-corrected chi connectivity index (χ0v) is 11.1. The number of hydrogen-bond acceptors (Lipinski definition) is 2. The fourth-order valence-corrected chi connectivity index (χ4v) is 2.52. The molecule has 0 unspecified atom stereocenters. The summed E-state index contributed by atoms with van der Waals surface area (Å²) in [5.74, 6) is -0.0387. The number of aromatic nitrogens is 1. The Morgan fingerprint density at radius 2 is 2.44 bits per heavy atom. The summed E-state index contributed by atoms with van der Waals surface area (Å²) in [4.78, 5) is 11.7. The summed E-state index contributed by atoms with van der Waals surface area (Å²) in [6.07, 6.45) is 1.96. The van der Waals surface area contributed by atoms with Crippen LogP contribution in [0.2, 0.25) is 0 Å². The van der Waals surface area contributed by atoms with Crippen molar-refractivity contribution in [3.8, 4) is 0 Å². The second-order valence-electron chi connectivity index (χ2n) is 3.43. The lowest BCUT2D eigenvalue weighted by Gasteiger charge is -2.04. The van der Waals surface area contributed by atoms with Crippen molar-refractivity contribution in [2.75, 3.05) is 0 Å². The van der Waals surface area contributed by atoms with E-state index in [0.717, 1.165) is 9.48 Å². The van der Waals surface area contributed by atoms with Gasteiger partial charge >= 0.3 is 0 Å². The molecule has 0 saturated heterocycles. The second-order valence-corrected chi connectivity index (χ2v) is 5.72. The van der Waals surface area contributed by atoms with Gasteiger partial charge in [-0.2, -0.15) is 0 Å². The van der Waals surface area contributed by atoms with Crippen molar-refractivity contribution in [3.63, 3.8) is 0 Å². The first-order valence-electron chi connectivity index (χ1n) is 4.79. The summed E-state index contributed by atoms with van der Waals surface area (Å²) in [6, 6.07) is 5.78. The molecule has 0 saturated carbocycles. The van der Waals surface area contributed by atoms with Gasteiger partial charge in [-0.05, 0) is 34.1 Å². The number of nitrogens with zero attached hydrogens (tertiary/aromatic N) is 1. The number of amides is 1. The Morgan fingerprint density at radius 3 is 3.00 bits per heavy atom. The van der Waals surface area contributed by atoms with E-state index in [-0.39, 0.29) is 5.91 Å². The molecule has 84 valence electrons. The smallest absolute Gasteiger partial charge is 0.252 e. The molecule has 0 aliphatic rings. The standard InChI is InChI=1S/C11H11BrN2OS/c1-14-4-2-3-9(14)6-13-11(15)8-5-10(12)16-7-8/h2-5,7H,6H2,1H3,(H,13,15). The molecule has 0 aliphatic carbocycles. The van der Waals surface area contributed by atoms with Crippen LogP contribution in [0, 0.1) is 0 Å². The first-order valence-corrected chi connectivity index (χ1v) is 6.46. The number of nitrogens with one attached hydrogen (secondary N) is 1. The third-order valence-electron chi connectivity index (χ3n) is 2.31. The van der Waals surface area contributed by atoms with E-state index in [1.807, 2.05) is 41.4 Å². The molecule has 0 radical (unpaired) electrons. The van der Waals surface area contributed by atoms with Crippen molar-refractivity contribution in [2.45, 2.75) is 6.54 Å². The van der Waals surface area contributed by atoms with Gasteiger partial charge in [0.1, 0.15) is 0 Å². The van der Waals surface area contributed by atoms with Crippen LogP contribution in [0.3, 0.4) is 0 Å². The zero-order chi connectivity index (χ0) is 11.5. The summed E-state index contributed by atoms with van der Waals surface area (Å²) >= 11 is 4.85. The average Bonchev–Trinajstić information content (AvgIpc) is 2.84. The molecule has 2 heterocycles. The molecule has 0 aromatic carbocycles. The van der Waals surface area contributed by atoms with Crippen molar-refractivity contribution in [1.29, 1.82) is 0 Å². The number of halogens is 1. The Hall–Kier alpha value is -1.07. The van der Waals surface area contributed by atoms with E-state index in [1.165, 1.54) is 11.3 Å². The Balaban J connectivity index is 1.96. The van der Waals surface area contributed by atoms with Gasteiger partial charge in [0.25, 0.3) is 5.91 Å². The molecule has 5 heteroatoms. The minimum absolute atomic E-state index is 0.0387.